The molecule has 1 aromatic heterocycles. The molecule has 1 aliphatic heterocycles. The molecule has 2 heterocycles. The predicted octanol–water partition coefficient (Wildman–Crippen LogP) is 6.95. The molecule has 0 bridgehead atoms. The van der Waals surface area contributed by atoms with E-state index in [-0.39, 0.29) is 18.0 Å². The number of carbonyl (C=O) groups is 1. The highest BCUT2D eigenvalue weighted by atomic mass is 35.5. The molecule has 7 nitrogen and oxygen atoms in total. The molecule has 4 aromatic rings. The van der Waals surface area contributed by atoms with Crippen LogP contribution in [-0.2, 0) is 13.0 Å². The van der Waals surface area contributed by atoms with E-state index < -0.39 is 0 Å². The maximum atomic E-state index is 13.7. The third-order valence-corrected chi connectivity index (χ3v) is 9.13. The van der Waals surface area contributed by atoms with Crippen LogP contribution in [0.1, 0.15) is 70.6 Å². The summed E-state index contributed by atoms with van der Waals surface area (Å²) in [5.74, 6) is 1.99. The standard InChI is InChI=1S/C38H44ClN5O2/c1-26-3-9-31(10-4-26)27(2)43-25-34-12-14-37(46-34)32-11-13-36(39)35(22-32)38(45)44-33(21-29-5-7-30(23-40)8-6-29)24-42-20-17-28-15-18-41-19-16-28/h3-14,22,27-28,33,41-43H,15-21,24-25H2,1-2H3,(H,44,45)/t27-,33-/m1/s1. The maximum Gasteiger partial charge on any atom is 0.253 e. The molecule has 0 saturated carbocycles. The second kappa shape index (κ2) is 16.6. The molecular formula is C38H44ClN5O2. The number of hydrogen-bond acceptors (Lipinski definition) is 6. The minimum atomic E-state index is -0.231. The molecule has 8 heteroatoms. The van der Waals surface area contributed by atoms with Gasteiger partial charge in [0.15, 0.2) is 0 Å². The van der Waals surface area contributed by atoms with Crippen LogP contribution in [0.5, 0.6) is 0 Å². The lowest BCUT2D eigenvalue weighted by atomic mass is 9.95. The molecule has 1 aliphatic rings. The number of nitrogens with zero attached hydrogens (tertiary/aromatic N) is 1. The van der Waals surface area contributed by atoms with E-state index in [0.717, 1.165) is 48.9 Å². The Labute approximate surface area is 277 Å². The summed E-state index contributed by atoms with van der Waals surface area (Å²) in [6, 6.07) is 27.5. The van der Waals surface area contributed by atoms with Crippen molar-refractivity contribution in [1.29, 1.82) is 5.26 Å². The number of rotatable bonds is 14. The average molecular weight is 638 g/mol. The zero-order valence-electron chi connectivity index (χ0n) is 26.7. The summed E-state index contributed by atoms with van der Waals surface area (Å²) in [7, 11) is 0. The molecule has 1 saturated heterocycles. The van der Waals surface area contributed by atoms with Crippen molar-refractivity contribution in [2.75, 3.05) is 26.2 Å². The Morgan fingerprint density at radius 1 is 1.04 bits per heavy atom. The molecule has 0 radical (unpaired) electrons. The predicted molar refractivity (Wildman–Crippen MR) is 185 cm³/mol. The van der Waals surface area contributed by atoms with Crippen molar-refractivity contribution < 1.29 is 9.21 Å². The topological polar surface area (TPSA) is 102 Å². The quantitative estimate of drug-likeness (QED) is 0.112. The number of hydrogen-bond donors (Lipinski definition) is 4. The average Bonchev–Trinajstić information content (AvgIpc) is 3.56. The van der Waals surface area contributed by atoms with Gasteiger partial charge in [-0.05, 0) is 119 Å². The first-order chi connectivity index (χ1) is 22.4. The molecule has 3 aromatic carbocycles. The van der Waals surface area contributed by atoms with Gasteiger partial charge in [0.2, 0.25) is 0 Å². The van der Waals surface area contributed by atoms with E-state index in [1.54, 1.807) is 12.1 Å². The highest BCUT2D eigenvalue weighted by molar-refractivity contribution is 6.34. The molecule has 5 rings (SSSR count). The summed E-state index contributed by atoms with van der Waals surface area (Å²) in [4.78, 5) is 13.7. The summed E-state index contributed by atoms with van der Waals surface area (Å²) < 4.78 is 6.17. The Bertz CT molecular complexity index is 1600. The number of furan rings is 1. The monoisotopic (exact) mass is 637 g/mol. The Morgan fingerprint density at radius 3 is 2.54 bits per heavy atom. The number of carbonyl (C=O) groups excluding carboxylic acids is 1. The smallest absolute Gasteiger partial charge is 0.253 e. The molecule has 1 amide bonds. The summed E-state index contributed by atoms with van der Waals surface area (Å²) in [5, 5.41) is 23.3. The maximum absolute atomic E-state index is 13.7. The number of aryl methyl sites for hydroxylation is 1. The summed E-state index contributed by atoms with van der Waals surface area (Å²) in [6.07, 6.45) is 4.17. The van der Waals surface area contributed by atoms with Crippen LogP contribution in [0.25, 0.3) is 11.3 Å². The molecule has 240 valence electrons. The normalized spacial score (nSPS) is 14.8. The van der Waals surface area contributed by atoms with Gasteiger partial charge in [-0.2, -0.15) is 5.26 Å². The van der Waals surface area contributed by atoms with E-state index in [4.69, 9.17) is 16.0 Å². The van der Waals surface area contributed by atoms with Crippen LogP contribution >= 0.6 is 11.6 Å². The Kier molecular flexibility index (Phi) is 12.0. The van der Waals surface area contributed by atoms with Crippen LogP contribution in [0.15, 0.2) is 83.3 Å². The van der Waals surface area contributed by atoms with E-state index in [2.05, 4.69) is 65.4 Å². The lowest BCUT2D eigenvalue weighted by Gasteiger charge is -2.24. The molecule has 0 unspecified atom stereocenters. The number of amides is 1. The SMILES string of the molecule is Cc1ccc([C@@H](C)NCc2ccc(-c3ccc(Cl)c(C(=O)N[C@@H](CNCCC4CCNCC4)Cc4ccc(C#N)cc4)c3)o2)cc1. The Balaban J connectivity index is 1.22. The first-order valence-corrected chi connectivity index (χ1v) is 16.7. The number of piperidine rings is 1. The van der Waals surface area contributed by atoms with Gasteiger partial charge in [0, 0.05) is 24.2 Å². The first kappa shape index (κ1) is 33.4. The third kappa shape index (κ3) is 9.54. The highest BCUT2D eigenvalue weighted by Crippen LogP contribution is 2.28. The van der Waals surface area contributed by atoms with Gasteiger partial charge < -0.3 is 25.7 Å². The third-order valence-electron chi connectivity index (χ3n) is 8.80. The van der Waals surface area contributed by atoms with Crippen LogP contribution in [0, 0.1) is 24.2 Å². The van der Waals surface area contributed by atoms with Crippen molar-refractivity contribution in [2.24, 2.45) is 5.92 Å². The van der Waals surface area contributed by atoms with Crippen LogP contribution < -0.4 is 21.3 Å². The van der Waals surface area contributed by atoms with Crippen LogP contribution in [-0.4, -0.2) is 38.1 Å². The molecular weight excluding hydrogens is 594 g/mol. The highest BCUT2D eigenvalue weighted by Gasteiger charge is 2.19. The number of benzene rings is 3. The number of nitrogens with one attached hydrogen (secondary N) is 4. The largest absolute Gasteiger partial charge is 0.460 e. The minimum Gasteiger partial charge on any atom is -0.460 e. The van der Waals surface area contributed by atoms with E-state index in [1.807, 2.05) is 42.5 Å². The summed E-state index contributed by atoms with van der Waals surface area (Å²) >= 11 is 6.57. The van der Waals surface area contributed by atoms with Crippen LogP contribution in [0.2, 0.25) is 5.02 Å². The Morgan fingerprint density at radius 2 is 1.80 bits per heavy atom. The van der Waals surface area contributed by atoms with Gasteiger partial charge in [0.1, 0.15) is 11.5 Å². The fraction of sp³-hybridized carbons (Fsp3) is 0.368. The first-order valence-electron chi connectivity index (χ1n) is 16.3. The van der Waals surface area contributed by atoms with E-state index >= 15 is 0 Å². The van der Waals surface area contributed by atoms with Gasteiger partial charge in [0.05, 0.1) is 28.8 Å². The zero-order chi connectivity index (χ0) is 32.3. The van der Waals surface area contributed by atoms with Crippen molar-refractivity contribution in [3.05, 3.63) is 117 Å². The van der Waals surface area contributed by atoms with Crippen molar-refractivity contribution in [3.8, 4) is 17.4 Å². The van der Waals surface area contributed by atoms with Crippen molar-refractivity contribution in [2.45, 2.75) is 58.2 Å². The molecule has 0 aliphatic carbocycles. The van der Waals surface area contributed by atoms with Gasteiger partial charge in [-0.3, -0.25) is 4.79 Å². The van der Waals surface area contributed by atoms with Crippen molar-refractivity contribution in [1.82, 2.24) is 21.3 Å². The van der Waals surface area contributed by atoms with E-state index in [0.29, 0.717) is 41.4 Å². The molecule has 0 spiro atoms. The van der Waals surface area contributed by atoms with Crippen molar-refractivity contribution in [3.63, 3.8) is 0 Å². The zero-order valence-corrected chi connectivity index (χ0v) is 27.5. The summed E-state index contributed by atoms with van der Waals surface area (Å²) in [5.41, 5.74) is 5.33. The van der Waals surface area contributed by atoms with Gasteiger partial charge in [0.25, 0.3) is 5.91 Å². The molecule has 4 N–H and O–H groups in total. The minimum absolute atomic E-state index is 0.162. The van der Waals surface area contributed by atoms with Gasteiger partial charge in [-0.1, -0.05) is 53.6 Å². The Hall–Kier alpha value is -3.93. The number of nitriles is 1. The van der Waals surface area contributed by atoms with Gasteiger partial charge >= 0.3 is 0 Å². The van der Waals surface area contributed by atoms with Gasteiger partial charge in [-0.15, -0.1) is 0 Å². The van der Waals surface area contributed by atoms with Gasteiger partial charge in [-0.25, -0.2) is 0 Å². The van der Waals surface area contributed by atoms with E-state index in [9.17, 15) is 10.1 Å². The van der Waals surface area contributed by atoms with Crippen molar-refractivity contribution >= 4 is 17.5 Å². The molecule has 2 atom stereocenters. The molecule has 1 fully saturated rings. The lowest BCUT2D eigenvalue weighted by molar-refractivity contribution is 0.0936. The van der Waals surface area contributed by atoms with E-state index in [1.165, 1.54) is 24.0 Å². The molecule has 46 heavy (non-hydrogen) atoms. The fourth-order valence-corrected chi connectivity index (χ4v) is 6.10. The second-order valence-electron chi connectivity index (χ2n) is 12.3. The second-order valence-corrected chi connectivity index (χ2v) is 12.8. The number of halogens is 1. The van der Waals surface area contributed by atoms with Crippen LogP contribution in [0.3, 0.4) is 0 Å². The fourth-order valence-electron chi connectivity index (χ4n) is 5.90. The summed E-state index contributed by atoms with van der Waals surface area (Å²) in [6.45, 7) is 8.51. The van der Waals surface area contributed by atoms with Crippen LogP contribution in [0.4, 0.5) is 0 Å². The lowest BCUT2D eigenvalue weighted by Crippen LogP contribution is -2.44.